The molecule has 0 radical (unpaired) electrons. The number of hydrogen-bond donors (Lipinski definition) is 4. The summed E-state index contributed by atoms with van der Waals surface area (Å²) in [5.74, 6) is 1.40. The van der Waals surface area contributed by atoms with Gasteiger partial charge in [-0.3, -0.25) is 5.10 Å². The third kappa shape index (κ3) is 6.02. The highest BCUT2D eigenvalue weighted by Gasteiger charge is 2.12. The van der Waals surface area contributed by atoms with Crippen molar-refractivity contribution in [2.24, 2.45) is 4.99 Å². The monoisotopic (exact) mass is 548 g/mol. The molecule has 1 atom stereocenters. The molecule has 4 N–H and O–H groups in total. The van der Waals surface area contributed by atoms with Crippen LogP contribution >= 0.6 is 35.3 Å². The van der Waals surface area contributed by atoms with Crippen molar-refractivity contribution in [3.8, 4) is 11.4 Å². The minimum atomic E-state index is -0.596. The maximum atomic E-state index is 10.6. The van der Waals surface area contributed by atoms with Gasteiger partial charge in [-0.25, -0.2) is 9.98 Å². The molecule has 31 heavy (non-hydrogen) atoms. The lowest BCUT2D eigenvalue weighted by Crippen LogP contribution is -2.39. The molecular formula is C22H25IN6OS. The molecule has 9 heteroatoms. The molecule has 0 aliphatic carbocycles. The van der Waals surface area contributed by atoms with Gasteiger partial charge >= 0.3 is 0 Å². The summed E-state index contributed by atoms with van der Waals surface area (Å²) in [6, 6.07) is 18.2. The molecule has 0 aliphatic rings. The first kappa shape index (κ1) is 23.2. The van der Waals surface area contributed by atoms with E-state index < -0.39 is 6.10 Å². The summed E-state index contributed by atoms with van der Waals surface area (Å²) in [5, 5.41) is 25.0. The summed E-state index contributed by atoms with van der Waals surface area (Å²) in [6.07, 6.45) is 0.899. The number of aromatic nitrogens is 3. The molecule has 0 fully saturated rings. The van der Waals surface area contributed by atoms with Gasteiger partial charge in [0.2, 0.25) is 0 Å². The molecule has 4 aromatic rings. The van der Waals surface area contributed by atoms with Gasteiger partial charge in [-0.05, 0) is 36.1 Å². The van der Waals surface area contributed by atoms with Crippen LogP contribution in [0.15, 0.2) is 65.9 Å². The number of nitrogens with one attached hydrogen (secondary N) is 3. The third-order valence-electron chi connectivity index (χ3n) is 4.62. The number of nitrogens with zero attached hydrogens (tertiary/aromatic N) is 3. The molecule has 1 unspecified atom stereocenters. The second-order valence-electron chi connectivity index (χ2n) is 6.81. The Morgan fingerprint density at radius 1 is 1.16 bits per heavy atom. The Bertz CT molecular complexity index is 1090. The molecule has 2 aromatic heterocycles. The maximum absolute atomic E-state index is 10.6. The van der Waals surface area contributed by atoms with E-state index in [2.05, 4.69) is 42.9 Å². The molecule has 0 bridgehead atoms. The first-order valence-electron chi connectivity index (χ1n) is 9.86. The van der Waals surface area contributed by atoms with Gasteiger partial charge in [-0.2, -0.15) is 5.10 Å². The van der Waals surface area contributed by atoms with Crippen LogP contribution in [0, 0.1) is 0 Å². The first-order chi connectivity index (χ1) is 14.7. The van der Waals surface area contributed by atoms with Crippen molar-refractivity contribution < 1.29 is 5.11 Å². The van der Waals surface area contributed by atoms with E-state index in [0.29, 0.717) is 19.0 Å². The first-order valence-corrected chi connectivity index (χ1v) is 10.7. The van der Waals surface area contributed by atoms with Gasteiger partial charge < -0.3 is 15.7 Å². The Labute approximate surface area is 202 Å². The van der Waals surface area contributed by atoms with E-state index in [1.807, 2.05) is 49.4 Å². The zero-order valence-electron chi connectivity index (χ0n) is 17.1. The molecule has 0 saturated heterocycles. The molecule has 0 amide bonds. The highest BCUT2D eigenvalue weighted by molar-refractivity contribution is 14.0. The van der Waals surface area contributed by atoms with E-state index >= 15 is 0 Å². The molecule has 0 aliphatic heterocycles. The molecule has 0 saturated carbocycles. The average molecular weight is 548 g/mol. The largest absolute Gasteiger partial charge is 0.386 e. The second kappa shape index (κ2) is 11.2. The highest BCUT2D eigenvalue weighted by atomic mass is 127. The summed E-state index contributed by atoms with van der Waals surface area (Å²) < 4.78 is 1.18. The molecule has 0 spiro atoms. The standard InChI is InChI=1S/C22H24N6OS.HI/c1-2-23-22(24-12-15-6-5-8-17(10-15)21-26-14-27-28-21)25-13-18(29)20-11-16-7-3-4-9-19(16)30-20;/h3-11,14,18,29H,2,12-13H2,1H3,(H2,23,24,25)(H,26,27,28);1H. The summed E-state index contributed by atoms with van der Waals surface area (Å²) in [7, 11) is 0. The van der Waals surface area contributed by atoms with Crippen molar-refractivity contribution in [2.75, 3.05) is 13.1 Å². The van der Waals surface area contributed by atoms with Gasteiger partial charge in [-0.1, -0.05) is 36.4 Å². The highest BCUT2D eigenvalue weighted by Crippen LogP contribution is 2.29. The van der Waals surface area contributed by atoms with Crippen LogP contribution in [0.1, 0.15) is 23.5 Å². The van der Waals surface area contributed by atoms with Crippen LogP contribution in [0.3, 0.4) is 0 Å². The lowest BCUT2D eigenvalue weighted by molar-refractivity contribution is 0.184. The van der Waals surface area contributed by atoms with Crippen LogP contribution < -0.4 is 10.6 Å². The van der Waals surface area contributed by atoms with Gasteiger partial charge in [0.15, 0.2) is 11.8 Å². The van der Waals surface area contributed by atoms with Crippen molar-refractivity contribution in [1.82, 2.24) is 25.8 Å². The normalized spacial score (nSPS) is 12.4. The van der Waals surface area contributed by atoms with Crippen LogP contribution in [0.5, 0.6) is 0 Å². The fourth-order valence-electron chi connectivity index (χ4n) is 3.13. The number of benzene rings is 2. The smallest absolute Gasteiger partial charge is 0.191 e. The Balaban J connectivity index is 0.00000272. The average Bonchev–Trinajstić information content (AvgIpc) is 3.46. The fourth-order valence-corrected chi connectivity index (χ4v) is 4.18. The summed E-state index contributed by atoms with van der Waals surface area (Å²) in [4.78, 5) is 9.79. The summed E-state index contributed by atoms with van der Waals surface area (Å²) in [5.41, 5.74) is 2.03. The SMILES string of the molecule is CCNC(=NCc1cccc(-c2ncn[nH]2)c1)NCC(O)c1cc2ccccc2s1.I. The topological polar surface area (TPSA) is 98.2 Å². The number of thiophene rings is 1. The third-order valence-corrected chi connectivity index (χ3v) is 5.83. The van der Waals surface area contributed by atoms with E-state index in [1.54, 1.807) is 11.3 Å². The Morgan fingerprint density at radius 2 is 2.03 bits per heavy atom. The number of H-pyrrole nitrogens is 1. The summed E-state index contributed by atoms with van der Waals surface area (Å²) in [6.45, 7) is 3.65. The number of guanidine groups is 1. The van der Waals surface area contributed by atoms with E-state index in [-0.39, 0.29) is 24.0 Å². The number of halogens is 1. The molecule has 162 valence electrons. The second-order valence-corrected chi connectivity index (χ2v) is 7.93. The van der Waals surface area contributed by atoms with Crippen LogP contribution in [0.25, 0.3) is 21.5 Å². The number of aliphatic imine (C=N–C) groups is 1. The lowest BCUT2D eigenvalue weighted by atomic mass is 10.1. The van der Waals surface area contributed by atoms with Crippen molar-refractivity contribution in [2.45, 2.75) is 19.6 Å². The predicted octanol–water partition coefficient (Wildman–Crippen LogP) is 4.09. The van der Waals surface area contributed by atoms with Crippen LogP contribution in [0.2, 0.25) is 0 Å². The molecule has 7 nitrogen and oxygen atoms in total. The van der Waals surface area contributed by atoms with E-state index in [4.69, 9.17) is 0 Å². The van der Waals surface area contributed by atoms with Gasteiger partial charge in [0.25, 0.3) is 0 Å². The van der Waals surface area contributed by atoms with Gasteiger partial charge in [-0.15, -0.1) is 35.3 Å². The number of rotatable bonds is 7. The van der Waals surface area contributed by atoms with Crippen molar-refractivity contribution in [3.63, 3.8) is 0 Å². The minimum absolute atomic E-state index is 0. The number of aliphatic hydroxyl groups excluding tert-OH is 1. The zero-order valence-corrected chi connectivity index (χ0v) is 20.2. The Kier molecular flexibility index (Phi) is 8.38. The minimum Gasteiger partial charge on any atom is -0.386 e. The number of aromatic amines is 1. The number of hydrogen-bond acceptors (Lipinski definition) is 5. The van der Waals surface area contributed by atoms with E-state index in [0.717, 1.165) is 33.8 Å². The fraction of sp³-hybridized carbons (Fsp3) is 0.227. The van der Waals surface area contributed by atoms with Gasteiger partial charge in [0.05, 0.1) is 6.54 Å². The molecular weight excluding hydrogens is 523 g/mol. The zero-order chi connectivity index (χ0) is 20.8. The predicted molar refractivity (Wildman–Crippen MR) is 137 cm³/mol. The maximum Gasteiger partial charge on any atom is 0.191 e. The lowest BCUT2D eigenvalue weighted by Gasteiger charge is -2.14. The van der Waals surface area contributed by atoms with Crippen molar-refractivity contribution in [1.29, 1.82) is 0 Å². The Hall–Kier alpha value is -2.50. The molecule has 2 heterocycles. The van der Waals surface area contributed by atoms with Crippen LogP contribution in [-0.2, 0) is 6.54 Å². The van der Waals surface area contributed by atoms with Gasteiger partial charge in [0, 0.05) is 28.2 Å². The number of aliphatic hydroxyl groups is 1. The molecule has 2 aromatic carbocycles. The van der Waals surface area contributed by atoms with Crippen LogP contribution in [0.4, 0.5) is 0 Å². The van der Waals surface area contributed by atoms with Crippen LogP contribution in [-0.4, -0.2) is 39.3 Å². The quantitative estimate of drug-likeness (QED) is 0.159. The van der Waals surface area contributed by atoms with Gasteiger partial charge in [0.1, 0.15) is 12.4 Å². The summed E-state index contributed by atoms with van der Waals surface area (Å²) >= 11 is 1.62. The Morgan fingerprint density at radius 3 is 2.81 bits per heavy atom. The molecule has 4 rings (SSSR count). The van der Waals surface area contributed by atoms with E-state index in [9.17, 15) is 5.11 Å². The van der Waals surface area contributed by atoms with Crippen molar-refractivity contribution in [3.05, 3.63) is 71.4 Å². The number of fused-ring (bicyclic) bond motifs is 1. The van der Waals surface area contributed by atoms with E-state index in [1.165, 1.54) is 11.0 Å². The van der Waals surface area contributed by atoms with Crippen molar-refractivity contribution >= 4 is 51.4 Å².